The molecule has 1 aromatic rings. The minimum atomic E-state index is -0.0324. The number of benzene rings is 1. The van der Waals surface area contributed by atoms with Crippen molar-refractivity contribution in [2.45, 2.75) is 31.7 Å². The van der Waals surface area contributed by atoms with Crippen molar-refractivity contribution in [2.75, 3.05) is 6.61 Å². The lowest BCUT2D eigenvalue weighted by molar-refractivity contribution is -0.132. The minimum Gasteiger partial charge on any atom is -0.374 e. The predicted molar refractivity (Wildman–Crippen MR) is 62.5 cm³/mol. The van der Waals surface area contributed by atoms with Gasteiger partial charge >= 0.3 is 0 Å². The van der Waals surface area contributed by atoms with Gasteiger partial charge in [-0.1, -0.05) is 30.3 Å². The molecule has 0 bridgehead atoms. The third-order valence-electron chi connectivity index (χ3n) is 3.36. The summed E-state index contributed by atoms with van der Waals surface area (Å²) in [4.78, 5) is 11.5. The number of ketones is 1. The fraction of sp³-hybridized carbons (Fsp3) is 0.500. The third-order valence-corrected chi connectivity index (χ3v) is 3.36. The Morgan fingerprint density at radius 2 is 2.12 bits per heavy atom. The highest BCUT2D eigenvalue weighted by Crippen LogP contribution is 2.40. The molecule has 2 fully saturated rings. The highest BCUT2D eigenvalue weighted by molar-refractivity contribution is 5.85. The van der Waals surface area contributed by atoms with E-state index >= 15 is 0 Å². The molecule has 3 nitrogen and oxygen atoms in total. The number of carbonyl (C=O) groups is 1. The van der Waals surface area contributed by atoms with Gasteiger partial charge in [0.25, 0.3) is 0 Å². The van der Waals surface area contributed by atoms with Gasteiger partial charge in [-0.25, -0.2) is 0 Å². The second kappa shape index (κ2) is 4.59. The molecule has 0 N–H and O–H groups in total. The second-order valence-corrected chi connectivity index (χ2v) is 4.81. The average molecular weight is 232 g/mol. The maximum atomic E-state index is 11.5. The quantitative estimate of drug-likeness (QED) is 0.796. The van der Waals surface area contributed by atoms with Crippen LogP contribution in [-0.4, -0.2) is 24.6 Å². The molecule has 3 atom stereocenters. The smallest absolute Gasteiger partial charge is 0.141 e. The Kier molecular flexibility index (Phi) is 2.95. The highest BCUT2D eigenvalue weighted by atomic mass is 16.5. The van der Waals surface area contributed by atoms with Crippen molar-refractivity contribution < 1.29 is 14.3 Å². The van der Waals surface area contributed by atoms with Crippen molar-refractivity contribution in [1.29, 1.82) is 0 Å². The van der Waals surface area contributed by atoms with Gasteiger partial charge in [-0.3, -0.25) is 4.79 Å². The van der Waals surface area contributed by atoms with Crippen molar-refractivity contribution in [3.05, 3.63) is 35.9 Å². The van der Waals surface area contributed by atoms with Crippen LogP contribution in [0.5, 0.6) is 0 Å². The molecule has 1 aromatic carbocycles. The summed E-state index contributed by atoms with van der Waals surface area (Å²) < 4.78 is 11.3. The molecule has 0 spiro atoms. The number of rotatable bonds is 4. The number of hydrogen-bond donors (Lipinski definition) is 0. The van der Waals surface area contributed by atoms with E-state index in [0.717, 1.165) is 12.0 Å². The van der Waals surface area contributed by atoms with Gasteiger partial charge in [0.15, 0.2) is 0 Å². The van der Waals surface area contributed by atoms with E-state index in [4.69, 9.17) is 9.47 Å². The lowest BCUT2D eigenvalue weighted by Gasteiger charge is -2.21. The van der Waals surface area contributed by atoms with Crippen LogP contribution in [0.15, 0.2) is 30.3 Å². The molecule has 1 aliphatic heterocycles. The summed E-state index contributed by atoms with van der Waals surface area (Å²) in [6, 6.07) is 10.0. The minimum absolute atomic E-state index is 0.0324. The highest BCUT2D eigenvalue weighted by Gasteiger charge is 2.49. The van der Waals surface area contributed by atoms with E-state index in [0.29, 0.717) is 25.4 Å². The van der Waals surface area contributed by atoms with Crippen LogP contribution in [-0.2, 0) is 20.9 Å². The van der Waals surface area contributed by atoms with Crippen LogP contribution < -0.4 is 0 Å². The van der Waals surface area contributed by atoms with Crippen molar-refractivity contribution in [2.24, 2.45) is 5.92 Å². The number of Topliss-reactive ketones (excluding diaryl/α,β-unsaturated/α-hetero) is 1. The Labute approximate surface area is 101 Å². The van der Waals surface area contributed by atoms with Gasteiger partial charge < -0.3 is 9.47 Å². The fourth-order valence-electron chi connectivity index (χ4n) is 2.31. The van der Waals surface area contributed by atoms with Gasteiger partial charge in [-0.2, -0.15) is 0 Å². The summed E-state index contributed by atoms with van der Waals surface area (Å²) >= 11 is 0. The van der Waals surface area contributed by atoms with Crippen LogP contribution in [0.1, 0.15) is 18.4 Å². The van der Waals surface area contributed by atoms with Crippen LogP contribution >= 0.6 is 0 Å². The molecule has 1 aliphatic carbocycles. The van der Waals surface area contributed by atoms with Crippen LogP contribution in [0.4, 0.5) is 0 Å². The average Bonchev–Trinajstić information content (AvgIpc) is 3.10. The molecule has 3 rings (SSSR count). The van der Waals surface area contributed by atoms with Gasteiger partial charge in [-0.05, 0) is 12.0 Å². The Balaban J connectivity index is 1.44. The van der Waals surface area contributed by atoms with Crippen molar-refractivity contribution in [3.63, 3.8) is 0 Å². The van der Waals surface area contributed by atoms with Crippen molar-refractivity contribution in [3.8, 4) is 0 Å². The largest absolute Gasteiger partial charge is 0.374 e. The number of carbonyl (C=O) groups excluding carboxylic acids is 1. The maximum absolute atomic E-state index is 11.5. The Hall–Kier alpha value is -1.19. The molecule has 0 radical (unpaired) electrons. The van der Waals surface area contributed by atoms with Crippen molar-refractivity contribution >= 4 is 5.78 Å². The summed E-state index contributed by atoms with van der Waals surface area (Å²) in [5.41, 5.74) is 1.15. The first-order valence-corrected chi connectivity index (χ1v) is 6.13. The third kappa shape index (κ3) is 2.56. The van der Waals surface area contributed by atoms with E-state index in [-0.39, 0.29) is 18.1 Å². The van der Waals surface area contributed by atoms with Gasteiger partial charge in [-0.15, -0.1) is 0 Å². The topological polar surface area (TPSA) is 35.5 Å². The van der Waals surface area contributed by atoms with E-state index < -0.39 is 0 Å². The maximum Gasteiger partial charge on any atom is 0.141 e. The molecule has 90 valence electrons. The molecule has 3 heteroatoms. The Bertz CT molecular complexity index is 401. The van der Waals surface area contributed by atoms with Gasteiger partial charge in [0.1, 0.15) is 5.78 Å². The molecule has 2 aliphatic rings. The van der Waals surface area contributed by atoms with E-state index in [1.54, 1.807) is 0 Å². The number of ether oxygens (including phenoxy) is 2. The van der Waals surface area contributed by atoms with Crippen LogP contribution in [0.3, 0.4) is 0 Å². The summed E-state index contributed by atoms with van der Waals surface area (Å²) in [5.74, 6) is 0.565. The first-order valence-electron chi connectivity index (χ1n) is 6.13. The first-order chi connectivity index (χ1) is 8.33. The Morgan fingerprint density at radius 3 is 2.88 bits per heavy atom. The van der Waals surface area contributed by atoms with Crippen LogP contribution in [0.25, 0.3) is 0 Å². The lowest BCUT2D eigenvalue weighted by Crippen LogP contribution is -2.30. The standard InChI is InChI=1S/C14H16O3/c15-13-6-11(17-14-7-12(13)14)9-16-8-10-4-2-1-3-5-10/h1-5,11-12,14H,6-9H2/t11-,12-,14-/m0/s1. The van der Waals surface area contributed by atoms with Gasteiger partial charge in [0.05, 0.1) is 25.4 Å². The van der Waals surface area contributed by atoms with E-state index in [1.807, 2.05) is 30.3 Å². The van der Waals surface area contributed by atoms with Gasteiger partial charge in [0.2, 0.25) is 0 Å². The van der Waals surface area contributed by atoms with E-state index in [9.17, 15) is 4.79 Å². The lowest BCUT2D eigenvalue weighted by atomic mass is 10.1. The monoisotopic (exact) mass is 232 g/mol. The molecule has 1 heterocycles. The van der Waals surface area contributed by atoms with Crippen LogP contribution in [0.2, 0.25) is 0 Å². The molecular weight excluding hydrogens is 216 g/mol. The summed E-state index contributed by atoms with van der Waals surface area (Å²) in [5, 5.41) is 0. The molecule has 0 unspecified atom stereocenters. The second-order valence-electron chi connectivity index (χ2n) is 4.81. The molecule has 1 saturated heterocycles. The Morgan fingerprint density at radius 1 is 1.29 bits per heavy atom. The van der Waals surface area contributed by atoms with Gasteiger partial charge in [0, 0.05) is 12.3 Å². The molecular formula is C14H16O3. The SMILES string of the molecule is O=C1C[C@@H](COCc2ccccc2)O[C@H]2C[C@@H]12. The van der Waals surface area contributed by atoms with Crippen LogP contribution in [0, 0.1) is 5.92 Å². The normalized spacial score (nSPS) is 31.1. The summed E-state index contributed by atoms with van der Waals surface area (Å²) in [6.07, 6.45) is 1.61. The van der Waals surface area contributed by atoms with E-state index in [2.05, 4.69) is 0 Å². The van der Waals surface area contributed by atoms with E-state index in [1.165, 1.54) is 0 Å². The molecule has 1 saturated carbocycles. The predicted octanol–water partition coefficient (Wildman–Crippen LogP) is 1.95. The first kappa shape index (κ1) is 10.9. The van der Waals surface area contributed by atoms with Crippen molar-refractivity contribution in [1.82, 2.24) is 0 Å². The molecule has 0 aromatic heterocycles. The summed E-state index contributed by atoms with van der Waals surface area (Å²) in [6.45, 7) is 1.10. The molecule has 17 heavy (non-hydrogen) atoms. The molecule has 0 amide bonds. The zero-order valence-corrected chi connectivity index (χ0v) is 9.67. The number of hydrogen-bond acceptors (Lipinski definition) is 3. The fourth-order valence-corrected chi connectivity index (χ4v) is 2.31. The zero-order valence-electron chi connectivity index (χ0n) is 9.67. The summed E-state index contributed by atoms with van der Waals surface area (Å²) in [7, 11) is 0. The zero-order chi connectivity index (χ0) is 11.7. The number of fused-ring (bicyclic) bond motifs is 1.